The van der Waals surface area contributed by atoms with Crippen molar-refractivity contribution in [2.24, 2.45) is 0 Å². The number of unbranched alkanes of at least 4 members (excludes halogenated alkanes) is 2. The van der Waals surface area contributed by atoms with E-state index in [-0.39, 0.29) is 8.46 Å². The third-order valence-electron chi connectivity index (χ3n) is 4.56. The molecule has 0 aliphatic rings. The van der Waals surface area contributed by atoms with Crippen molar-refractivity contribution in [1.82, 2.24) is 0 Å². The molecule has 2 heteroatoms. The number of rotatable bonds is 7. The molecule has 0 unspecified atom stereocenters. The van der Waals surface area contributed by atoms with Crippen LogP contribution in [0.2, 0.25) is 0 Å². The molecule has 0 fully saturated rings. The molecule has 25 heavy (non-hydrogen) atoms. The lowest BCUT2D eigenvalue weighted by Gasteiger charge is -2.17. The third-order valence-corrected chi connectivity index (χ3v) is 5.18. The zero-order valence-electron chi connectivity index (χ0n) is 14.6. The summed E-state index contributed by atoms with van der Waals surface area (Å²) in [4.78, 5) is 0. The van der Waals surface area contributed by atoms with Crippen LogP contribution in [0.15, 0.2) is 72.8 Å². The lowest BCUT2D eigenvalue weighted by atomic mass is 9.88. The van der Waals surface area contributed by atoms with Crippen LogP contribution in [-0.4, -0.2) is 0 Å². The van der Waals surface area contributed by atoms with Gasteiger partial charge in [0.2, 0.25) is 0 Å². The lowest BCUT2D eigenvalue weighted by molar-refractivity contribution is 0.603. The van der Waals surface area contributed by atoms with Gasteiger partial charge in [-0.1, -0.05) is 86.5 Å². The molecule has 3 aromatic carbocycles. The average Bonchev–Trinajstić information content (AvgIpc) is 2.69. The van der Waals surface area contributed by atoms with Crippen molar-refractivity contribution in [1.29, 1.82) is 0 Å². The summed E-state index contributed by atoms with van der Waals surface area (Å²) in [6.45, 7) is 2.21. The first kappa shape index (κ1) is 17.6. The van der Waals surface area contributed by atoms with E-state index in [4.69, 9.17) is 0 Å². The summed E-state index contributed by atoms with van der Waals surface area (Å²) in [6.07, 6.45) is 4.46. The van der Waals surface area contributed by atoms with Crippen molar-refractivity contribution in [2.45, 2.75) is 32.6 Å². The Morgan fingerprint density at radius 1 is 0.760 bits per heavy atom. The maximum atomic E-state index is 11.8. The van der Waals surface area contributed by atoms with Crippen molar-refractivity contribution >= 4 is 13.8 Å². The van der Waals surface area contributed by atoms with E-state index in [2.05, 4.69) is 61.5 Å². The Bertz CT molecular complexity index is 825. The molecule has 3 rings (SSSR count). The molecule has 0 spiro atoms. The van der Waals surface area contributed by atoms with Gasteiger partial charge >= 0.3 is 0 Å². The molecule has 0 amide bonds. The minimum Gasteiger partial charge on any atom is -0.269 e. The van der Waals surface area contributed by atoms with Gasteiger partial charge in [-0.2, -0.15) is 0 Å². The monoisotopic (exact) mass is 346 g/mol. The van der Waals surface area contributed by atoms with Gasteiger partial charge in [0.15, 0.2) is 8.46 Å². The molecular formula is C23H23OP. The molecule has 0 aliphatic carbocycles. The van der Waals surface area contributed by atoms with Crippen molar-refractivity contribution in [2.75, 3.05) is 0 Å². The Kier molecular flexibility index (Phi) is 6.14. The summed E-state index contributed by atoms with van der Waals surface area (Å²) in [5.41, 5.74) is 6.05. The van der Waals surface area contributed by atoms with Gasteiger partial charge in [0.1, 0.15) is 0 Å². The van der Waals surface area contributed by atoms with Gasteiger partial charge in [-0.25, -0.2) is 0 Å². The number of hydrogen-bond acceptors (Lipinski definition) is 1. The van der Waals surface area contributed by atoms with E-state index in [0.29, 0.717) is 0 Å². The van der Waals surface area contributed by atoms with Crippen LogP contribution in [0.25, 0.3) is 22.3 Å². The molecule has 0 N–H and O–H groups in total. The predicted octanol–water partition coefficient (Wildman–Crippen LogP) is 6.67. The molecule has 0 saturated carbocycles. The smallest absolute Gasteiger partial charge is 0.192 e. The van der Waals surface area contributed by atoms with E-state index in [1.807, 2.05) is 18.2 Å². The van der Waals surface area contributed by atoms with Crippen molar-refractivity contribution in [3.8, 4) is 22.3 Å². The van der Waals surface area contributed by atoms with Crippen LogP contribution in [0.1, 0.15) is 31.7 Å². The fourth-order valence-corrected chi connectivity index (χ4v) is 3.79. The summed E-state index contributed by atoms with van der Waals surface area (Å²) in [5.74, 6) is 0. The zero-order valence-corrected chi connectivity index (χ0v) is 15.5. The fraction of sp³-hybridized carbons (Fsp3) is 0.217. The highest BCUT2D eigenvalue weighted by Crippen LogP contribution is 2.36. The van der Waals surface area contributed by atoms with Crippen LogP contribution in [0, 0.1) is 0 Å². The molecule has 0 aromatic heterocycles. The largest absolute Gasteiger partial charge is 0.269 e. The van der Waals surface area contributed by atoms with Gasteiger partial charge in [-0.3, -0.25) is 4.57 Å². The van der Waals surface area contributed by atoms with E-state index in [9.17, 15) is 4.57 Å². The van der Waals surface area contributed by atoms with Crippen molar-refractivity contribution < 1.29 is 4.57 Å². The summed E-state index contributed by atoms with van der Waals surface area (Å²) in [5, 5.41) is 0.912. The van der Waals surface area contributed by atoms with Crippen LogP contribution >= 0.6 is 8.46 Å². The zero-order chi connectivity index (χ0) is 17.5. The van der Waals surface area contributed by atoms with E-state index >= 15 is 0 Å². The molecule has 0 radical (unpaired) electrons. The van der Waals surface area contributed by atoms with E-state index in [1.165, 1.54) is 40.7 Å². The average molecular weight is 346 g/mol. The van der Waals surface area contributed by atoms with Crippen LogP contribution in [-0.2, 0) is 11.0 Å². The number of hydrogen-bond donors (Lipinski definition) is 0. The van der Waals surface area contributed by atoms with Crippen LogP contribution in [0.3, 0.4) is 0 Å². The standard InChI is InChI=1S/C23H23OP/c1-2-3-6-15-21-22(25-24)17-16-20(18-11-7-4-8-12-18)23(21)19-13-9-5-10-14-19/h4-5,7-14,16-17H,2-3,6,15H2,1H3. The molecule has 0 saturated heterocycles. The minimum atomic E-state index is 0.101. The first-order valence-electron chi connectivity index (χ1n) is 8.95. The predicted molar refractivity (Wildman–Crippen MR) is 108 cm³/mol. The van der Waals surface area contributed by atoms with Crippen LogP contribution in [0.5, 0.6) is 0 Å². The topological polar surface area (TPSA) is 17.1 Å². The summed E-state index contributed by atoms with van der Waals surface area (Å²) >= 11 is 0. The third kappa shape index (κ3) is 4.06. The maximum Gasteiger partial charge on any atom is 0.192 e. The molecule has 1 nitrogen and oxygen atoms in total. The minimum absolute atomic E-state index is 0.101. The van der Waals surface area contributed by atoms with Gasteiger partial charge in [-0.15, -0.1) is 0 Å². The molecule has 0 aliphatic heterocycles. The summed E-state index contributed by atoms with van der Waals surface area (Å²) < 4.78 is 11.8. The maximum absolute atomic E-state index is 11.8. The lowest BCUT2D eigenvalue weighted by Crippen LogP contribution is -2.07. The quantitative estimate of drug-likeness (QED) is 0.345. The summed E-state index contributed by atoms with van der Waals surface area (Å²) in [7, 11) is 0.101. The summed E-state index contributed by atoms with van der Waals surface area (Å²) in [6, 6.07) is 25.1. The van der Waals surface area contributed by atoms with Crippen LogP contribution < -0.4 is 5.30 Å². The molecule has 3 aromatic rings. The van der Waals surface area contributed by atoms with Gasteiger partial charge < -0.3 is 0 Å². The Labute approximate surface area is 151 Å². The van der Waals surface area contributed by atoms with Gasteiger partial charge in [0, 0.05) is 5.30 Å². The molecule has 126 valence electrons. The normalized spacial score (nSPS) is 10.9. The Hall–Kier alpha value is -2.24. The van der Waals surface area contributed by atoms with Crippen molar-refractivity contribution in [3.05, 3.63) is 78.4 Å². The highest BCUT2D eigenvalue weighted by Gasteiger charge is 2.16. The second-order valence-electron chi connectivity index (χ2n) is 6.27. The van der Waals surface area contributed by atoms with E-state index in [0.717, 1.165) is 18.1 Å². The Morgan fingerprint density at radius 3 is 2.00 bits per heavy atom. The number of benzene rings is 3. The second kappa shape index (κ2) is 8.74. The molecule has 0 heterocycles. The van der Waals surface area contributed by atoms with E-state index in [1.54, 1.807) is 0 Å². The molecule has 0 bridgehead atoms. The second-order valence-corrected chi connectivity index (χ2v) is 6.93. The first-order valence-corrected chi connectivity index (χ1v) is 9.76. The molecular weight excluding hydrogens is 323 g/mol. The Balaban J connectivity index is 2.22. The fourth-order valence-electron chi connectivity index (χ4n) is 3.32. The SMILES string of the molecule is CCCCCc1c(P=O)ccc(-c2ccccc2)c1-c1ccccc1. The highest BCUT2D eigenvalue weighted by atomic mass is 31.1. The molecule has 0 atom stereocenters. The van der Waals surface area contributed by atoms with Crippen molar-refractivity contribution in [3.63, 3.8) is 0 Å². The van der Waals surface area contributed by atoms with Crippen LogP contribution in [0.4, 0.5) is 0 Å². The highest BCUT2D eigenvalue weighted by molar-refractivity contribution is 7.34. The van der Waals surface area contributed by atoms with E-state index < -0.39 is 0 Å². The van der Waals surface area contributed by atoms with Gasteiger partial charge in [0.25, 0.3) is 0 Å². The van der Waals surface area contributed by atoms with Gasteiger partial charge in [-0.05, 0) is 46.7 Å². The Morgan fingerprint density at radius 2 is 1.40 bits per heavy atom. The van der Waals surface area contributed by atoms with Gasteiger partial charge in [0.05, 0.1) is 0 Å². The first-order chi connectivity index (χ1) is 12.3.